The second kappa shape index (κ2) is 9.20. The summed E-state index contributed by atoms with van der Waals surface area (Å²) in [6.07, 6.45) is 0. The largest absolute Gasteiger partial charge is 0.462 e. The van der Waals surface area contributed by atoms with Crippen molar-refractivity contribution < 1.29 is 14.3 Å². The van der Waals surface area contributed by atoms with E-state index in [0.717, 1.165) is 4.88 Å². The molecule has 1 amide bonds. The minimum atomic E-state index is -0.505. The Labute approximate surface area is 154 Å². The van der Waals surface area contributed by atoms with Crippen molar-refractivity contribution in [3.05, 3.63) is 45.3 Å². The molecule has 2 aromatic heterocycles. The molecule has 0 saturated heterocycles. The lowest BCUT2D eigenvalue weighted by Gasteiger charge is -2.09. The van der Waals surface area contributed by atoms with Crippen LogP contribution in [0.4, 0.5) is 0 Å². The van der Waals surface area contributed by atoms with Crippen LogP contribution in [-0.4, -0.2) is 29.2 Å². The van der Waals surface area contributed by atoms with Gasteiger partial charge in [-0.05, 0) is 31.4 Å². The predicted molar refractivity (Wildman–Crippen MR) is 96.5 cm³/mol. The van der Waals surface area contributed by atoms with Crippen molar-refractivity contribution >= 4 is 35.0 Å². The number of carbonyl (C=O) groups excluding carboxylic acids is 2. The third-order valence-electron chi connectivity index (χ3n) is 3.17. The van der Waals surface area contributed by atoms with Crippen molar-refractivity contribution in [1.29, 1.82) is 5.26 Å². The molecule has 0 atom stereocenters. The van der Waals surface area contributed by atoms with Crippen LogP contribution >= 0.6 is 23.1 Å². The van der Waals surface area contributed by atoms with Crippen LogP contribution in [0.25, 0.3) is 0 Å². The molecule has 1 N–H and O–H groups in total. The van der Waals surface area contributed by atoms with Gasteiger partial charge in [-0.25, -0.2) is 9.78 Å². The summed E-state index contributed by atoms with van der Waals surface area (Å²) in [4.78, 5) is 29.2. The van der Waals surface area contributed by atoms with Crippen molar-refractivity contribution in [2.45, 2.75) is 25.4 Å². The summed E-state index contributed by atoms with van der Waals surface area (Å²) in [5, 5.41) is 14.5. The van der Waals surface area contributed by atoms with Crippen molar-refractivity contribution in [3.63, 3.8) is 0 Å². The molecule has 0 aliphatic rings. The van der Waals surface area contributed by atoms with Crippen molar-refractivity contribution in [2.24, 2.45) is 0 Å². The number of hydrogen-bond donors (Lipinski definition) is 1. The maximum atomic E-state index is 11.9. The highest BCUT2D eigenvalue weighted by Gasteiger charge is 2.17. The molecule has 0 bridgehead atoms. The third-order valence-corrected chi connectivity index (χ3v) is 5.04. The number of carbonyl (C=O) groups is 2. The summed E-state index contributed by atoms with van der Waals surface area (Å²) in [5.41, 5.74) is 0.994. The zero-order valence-electron chi connectivity index (χ0n) is 13.9. The van der Waals surface area contributed by atoms with Crippen LogP contribution in [0.15, 0.2) is 28.6 Å². The number of pyridine rings is 1. The average Bonchev–Trinajstić information content (AvgIpc) is 3.11. The minimum absolute atomic E-state index is 0.142. The Balaban J connectivity index is 2.01. The highest BCUT2D eigenvalue weighted by Crippen LogP contribution is 2.23. The lowest BCUT2D eigenvalue weighted by atomic mass is 10.1. The fourth-order valence-electron chi connectivity index (χ4n) is 1.97. The summed E-state index contributed by atoms with van der Waals surface area (Å²) < 4.78 is 4.96. The first kappa shape index (κ1) is 19.0. The highest BCUT2D eigenvalue weighted by atomic mass is 32.2. The average molecular weight is 375 g/mol. The molecule has 0 saturated carbocycles. The van der Waals surface area contributed by atoms with Crippen molar-refractivity contribution in [2.75, 3.05) is 12.4 Å². The van der Waals surface area contributed by atoms with Crippen LogP contribution in [0.1, 0.15) is 33.4 Å². The van der Waals surface area contributed by atoms with Crippen LogP contribution in [0.2, 0.25) is 0 Å². The number of aryl methyl sites for hydroxylation is 1. The molecule has 2 heterocycles. The molecule has 0 spiro atoms. The Hall–Kier alpha value is -2.37. The molecule has 25 heavy (non-hydrogen) atoms. The van der Waals surface area contributed by atoms with Crippen molar-refractivity contribution in [3.8, 4) is 6.07 Å². The smallest absolute Gasteiger partial charge is 0.340 e. The summed E-state index contributed by atoms with van der Waals surface area (Å²) in [5.74, 6) is -0.504. The standard InChI is InChI=1S/C17H17N3O3S2/c1-3-23-17(22)14-7-12(8-18)16(20-11(14)2)25-10-15(21)19-9-13-5-4-6-24-13/h4-7H,3,9-10H2,1-2H3,(H,19,21). The molecule has 2 aromatic rings. The van der Waals surface area contributed by atoms with Gasteiger partial charge in [0.05, 0.1) is 35.7 Å². The van der Waals surface area contributed by atoms with E-state index in [1.54, 1.807) is 25.2 Å². The second-order valence-electron chi connectivity index (χ2n) is 4.95. The van der Waals surface area contributed by atoms with Gasteiger partial charge < -0.3 is 10.1 Å². The Kier molecular flexibility index (Phi) is 6.98. The fraction of sp³-hybridized carbons (Fsp3) is 0.294. The zero-order chi connectivity index (χ0) is 18.2. The van der Waals surface area contributed by atoms with Gasteiger partial charge in [0.2, 0.25) is 5.91 Å². The van der Waals surface area contributed by atoms with E-state index >= 15 is 0 Å². The zero-order valence-corrected chi connectivity index (χ0v) is 15.5. The molecular formula is C17H17N3O3S2. The number of aromatic nitrogens is 1. The van der Waals surface area contributed by atoms with Gasteiger partial charge in [0.25, 0.3) is 0 Å². The Bertz CT molecular complexity index is 798. The van der Waals surface area contributed by atoms with E-state index in [1.807, 2.05) is 23.6 Å². The van der Waals surface area contributed by atoms with Gasteiger partial charge in [0, 0.05) is 4.88 Å². The van der Waals surface area contributed by atoms with Crippen LogP contribution < -0.4 is 5.32 Å². The molecule has 0 aliphatic heterocycles. The maximum absolute atomic E-state index is 11.9. The summed E-state index contributed by atoms with van der Waals surface area (Å²) in [7, 11) is 0. The molecule has 0 aromatic carbocycles. The number of thioether (sulfide) groups is 1. The van der Waals surface area contributed by atoms with Crippen LogP contribution in [0, 0.1) is 18.3 Å². The third kappa shape index (κ3) is 5.31. The SMILES string of the molecule is CCOC(=O)c1cc(C#N)c(SCC(=O)NCc2cccs2)nc1C. The number of rotatable bonds is 7. The van der Waals surface area contributed by atoms with Crippen LogP contribution in [0.5, 0.6) is 0 Å². The van der Waals surface area contributed by atoms with E-state index in [1.165, 1.54) is 17.8 Å². The van der Waals surface area contributed by atoms with Crippen molar-refractivity contribution in [1.82, 2.24) is 10.3 Å². The lowest BCUT2D eigenvalue weighted by molar-refractivity contribution is -0.118. The number of ether oxygens (including phenoxy) is 1. The molecule has 2 rings (SSSR count). The van der Waals surface area contributed by atoms with Gasteiger partial charge in [-0.15, -0.1) is 11.3 Å². The Morgan fingerprint density at radius 2 is 2.28 bits per heavy atom. The molecule has 0 radical (unpaired) electrons. The van der Waals surface area contributed by atoms with Crippen LogP contribution in [-0.2, 0) is 16.1 Å². The number of thiophene rings is 1. The maximum Gasteiger partial charge on any atom is 0.340 e. The molecular weight excluding hydrogens is 358 g/mol. The van der Waals surface area contributed by atoms with E-state index in [-0.39, 0.29) is 29.4 Å². The summed E-state index contributed by atoms with van der Waals surface area (Å²) in [6.45, 7) is 4.12. The highest BCUT2D eigenvalue weighted by molar-refractivity contribution is 8.00. The molecule has 8 heteroatoms. The van der Waals surface area contributed by atoms with E-state index in [0.29, 0.717) is 17.3 Å². The first-order valence-electron chi connectivity index (χ1n) is 7.55. The number of esters is 1. The molecule has 0 fully saturated rings. The number of amides is 1. The Morgan fingerprint density at radius 1 is 1.48 bits per heavy atom. The monoisotopic (exact) mass is 375 g/mol. The molecule has 0 unspecified atom stereocenters. The first-order valence-corrected chi connectivity index (χ1v) is 9.42. The summed E-state index contributed by atoms with van der Waals surface area (Å²) >= 11 is 2.75. The molecule has 0 aliphatic carbocycles. The summed E-state index contributed by atoms with van der Waals surface area (Å²) in [6, 6.07) is 7.36. The van der Waals surface area contributed by atoms with Crippen LogP contribution in [0.3, 0.4) is 0 Å². The van der Waals surface area contributed by atoms with Gasteiger partial charge in [-0.2, -0.15) is 5.26 Å². The van der Waals surface area contributed by atoms with Gasteiger partial charge >= 0.3 is 5.97 Å². The van der Waals surface area contributed by atoms with E-state index < -0.39 is 5.97 Å². The Morgan fingerprint density at radius 3 is 2.92 bits per heavy atom. The first-order chi connectivity index (χ1) is 12.0. The molecule has 6 nitrogen and oxygen atoms in total. The number of hydrogen-bond acceptors (Lipinski definition) is 7. The normalized spacial score (nSPS) is 10.1. The quantitative estimate of drug-likeness (QED) is 0.591. The van der Waals surface area contributed by atoms with Gasteiger partial charge in [-0.1, -0.05) is 17.8 Å². The minimum Gasteiger partial charge on any atom is -0.462 e. The fourth-order valence-corrected chi connectivity index (χ4v) is 3.45. The second-order valence-corrected chi connectivity index (χ2v) is 6.95. The topological polar surface area (TPSA) is 92.1 Å². The number of nitrogens with one attached hydrogen (secondary N) is 1. The molecule has 130 valence electrons. The predicted octanol–water partition coefficient (Wildman–Crippen LogP) is 2.91. The van der Waals surface area contributed by atoms with Gasteiger partial charge in [0.15, 0.2) is 0 Å². The number of nitrogens with zero attached hydrogens (tertiary/aromatic N) is 2. The van der Waals surface area contributed by atoms with E-state index in [4.69, 9.17) is 4.74 Å². The van der Waals surface area contributed by atoms with Gasteiger partial charge in [-0.3, -0.25) is 4.79 Å². The lowest BCUT2D eigenvalue weighted by Crippen LogP contribution is -2.24. The van der Waals surface area contributed by atoms with E-state index in [9.17, 15) is 14.9 Å². The van der Waals surface area contributed by atoms with E-state index in [2.05, 4.69) is 10.3 Å². The van der Waals surface area contributed by atoms with Gasteiger partial charge in [0.1, 0.15) is 11.1 Å². The number of nitriles is 1.